The molecule has 1 atom stereocenters. The Balaban J connectivity index is 1.78. The molecule has 0 aliphatic heterocycles. The molecule has 1 amide bonds. The summed E-state index contributed by atoms with van der Waals surface area (Å²) in [7, 11) is 1.57. The molecule has 0 bridgehead atoms. The second-order valence-corrected chi connectivity index (χ2v) is 5.41. The van der Waals surface area contributed by atoms with Gasteiger partial charge in [0, 0.05) is 13.0 Å². The fraction of sp³-hybridized carbons (Fsp3) is 0.263. The van der Waals surface area contributed by atoms with Crippen molar-refractivity contribution in [3.05, 3.63) is 65.2 Å². The van der Waals surface area contributed by atoms with Crippen LogP contribution in [0.5, 0.6) is 5.75 Å². The quantitative estimate of drug-likeness (QED) is 0.819. The third-order valence-corrected chi connectivity index (χ3v) is 3.69. The number of rotatable bonds is 7. The lowest BCUT2D eigenvalue weighted by Crippen LogP contribution is -2.28. The molecule has 0 radical (unpaired) electrons. The lowest BCUT2D eigenvalue weighted by Gasteiger charge is -2.13. The zero-order chi connectivity index (χ0) is 17.4. The van der Waals surface area contributed by atoms with Crippen molar-refractivity contribution in [3.8, 4) is 11.8 Å². The van der Waals surface area contributed by atoms with Gasteiger partial charge in [-0.1, -0.05) is 24.3 Å². The molecular weight excluding hydrogens is 304 g/mol. The predicted octanol–water partition coefficient (Wildman–Crippen LogP) is 2.35. The van der Waals surface area contributed by atoms with Gasteiger partial charge in [0.15, 0.2) is 0 Å². The molecule has 24 heavy (non-hydrogen) atoms. The number of aliphatic hydroxyl groups excluding tert-OH is 1. The van der Waals surface area contributed by atoms with Crippen molar-refractivity contribution >= 4 is 5.91 Å². The number of amides is 1. The van der Waals surface area contributed by atoms with E-state index in [2.05, 4.69) is 11.4 Å². The van der Waals surface area contributed by atoms with Gasteiger partial charge in [0.1, 0.15) is 5.75 Å². The number of hydrogen-bond acceptors (Lipinski definition) is 4. The van der Waals surface area contributed by atoms with Crippen molar-refractivity contribution in [1.29, 1.82) is 5.26 Å². The van der Waals surface area contributed by atoms with E-state index in [0.717, 1.165) is 5.56 Å². The molecule has 5 nitrogen and oxygen atoms in total. The molecule has 0 spiro atoms. The normalized spacial score (nSPS) is 11.4. The van der Waals surface area contributed by atoms with Gasteiger partial charge in [-0.05, 0) is 41.8 Å². The molecule has 0 aliphatic carbocycles. The van der Waals surface area contributed by atoms with E-state index < -0.39 is 6.10 Å². The zero-order valence-electron chi connectivity index (χ0n) is 13.5. The molecule has 1 unspecified atom stereocenters. The number of aryl methyl sites for hydroxylation is 1. The van der Waals surface area contributed by atoms with Gasteiger partial charge in [-0.15, -0.1) is 0 Å². The van der Waals surface area contributed by atoms with Crippen molar-refractivity contribution in [1.82, 2.24) is 5.32 Å². The summed E-state index contributed by atoms with van der Waals surface area (Å²) in [4.78, 5) is 11.9. The van der Waals surface area contributed by atoms with E-state index in [9.17, 15) is 9.90 Å². The Kier molecular flexibility index (Phi) is 6.35. The second kappa shape index (κ2) is 8.70. The van der Waals surface area contributed by atoms with Gasteiger partial charge >= 0.3 is 0 Å². The minimum Gasteiger partial charge on any atom is -0.497 e. The summed E-state index contributed by atoms with van der Waals surface area (Å²) < 4.78 is 5.12. The summed E-state index contributed by atoms with van der Waals surface area (Å²) in [5.74, 6) is 0.542. The van der Waals surface area contributed by atoms with Crippen LogP contribution in [-0.4, -0.2) is 24.7 Å². The van der Waals surface area contributed by atoms with Gasteiger partial charge in [0.2, 0.25) is 5.91 Å². The summed E-state index contributed by atoms with van der Waals surface area (Å²) in [6.07, 6.45) is 0.141. The highest BCUT2D eigenvalue weighted by Gasteiger charge is 2.10. The third-order valence-electron chi connectivity index (χ3n) is 3.69. The molecule has 0 aromatic heterocycles. The first kappa shape index (κ1) is 17.5. The van der Waals surface area contributed by atoms with Crippen molar-refractivity contribution in [3.63, 3.8) is 0 Å². The highest BCUT2D eigenvalue weighted by Crippen LogP contribution is 2.18. The molecule has 124 valence electrons. The predicted molar refractivity (Wildman–Crippen MR) is 90.4 cm³/mol. The van der Waals surface area contributed by atoms with E-state index in [1.54, 1.807) is 43.5 Å². The highest BCUT2D eigenvalue weighted by molar-refractivity contribution is 5.76. The van der Waals surface area contributed by atoms with E-state index >= 15 is 0 Å². The monoisotopic (exact) mass is 324 g/mol. The van der Waals surface area contributed by atoms with Crippen LogP contribution in [0, 0.1) is 11.3 Å². The van der Waals surface area contributed by atoms with Gasteiger partial charge in [-0.3, -0.25) is 4.79 Å². The van der Waals surface area contributed by atoms with E-state index in [4.69, 9.17) is 10.00 Å². The summed E-state index contributed by atoms with van der Waals surface area (Å²) in [5.41, 5.74) is 2.30. The number of carbonyl (C=O) groups excluding carboxylic acids is 1. The standard InChI is InChI=1S/C19H20N2O3/c1-24-17-4-2-3-16(11-17)18(22)13-21-19(23)10-9-14-5-7-15(12-20)8-6-14/h2-8,11,18,22H,9-10,13H2,1H3,(H,21,23). The Hall–Kier alpha value is -2.84. The van der Waals surface area contributed by atoms with Gasteiger partial charge < -0.3 is 15.2 Å². The average Bonchev–Trinajstić information content (AvgIpc) is 2.64. The molecule has 2 aromatic carbocycles. The first-order chi connectivity index (χ1) is 11.6. The van der Waals surface area contributed by atoms with Crippen LogP contribution in [0.2, 0.25) is 0 Å². The summed E-state index contributed by atoms with van der Waals surface area (Å²) in [6.45, 7) is 0.152. The number of hydrogen-bond donors (Lipinski definition) is 2. The van der Waals surface area contributed by atoms with Crippen LogP contribution in [0.1, 0.15) is 29.2 Å². The molecular formula is C19H20N2O3. The van der Waals surface area contributed by atoms with Crippen LogP contribution in [0.3, 0.4) is 0 Å². The maximum absolute atomic E-state index is 11.9. The Labute approximate surface area is 141 Å². The lowest BCUT2D eigenvalue weighted by molar-refractivity contribution is -0.121. The van der Waals surface area contributed by atoms with Crippen LogP contribution in [0.25, 0.3) is 0 Å². The Bertz CT molecular complexity index is 720. The molecule has 0 aliphatic rings. The first-order valence-electron chi connectivity index (χ1n) is 7.70. The Morgan fingerprint density at radius 3 is 2.71 bits per heavy atom. The summed E-state index contributed by atoms with van der Waals surface area (Å²) in [5, 5.41) is 21.6. The maximum Gasteiger partial charge on any atom is 0.220 e. The molecule has 0 saturated carbocycles. The topological polar surface area (TPSA) is 82.3 Å². The number of aliphatic hydroxyl groups is 1. The van der Waals surface area contributed by atoms with Crippen LogP contribution in [0.15, 0.2) is 48.5 Å². The van der Waals surface area contributed by atoms with Gasteiger partial charge in [-0.2, -0.15) is 5.26 Å². The number of nitrogens with zero attached hydrogens (tertiary/aromatic N) is 1. The highest BCUT2D eigenvalue weighted by atomic mass is 16.5. The number of carbonyl (C=O) groups is 1. The van der Waals surface area contributed by atoms with Gasteiger partial charge in [0.25, 0.3) is 0 Å². The molecule has 2 aromatic rings. The van der Waals surface area contributed by atoms with E-state index in [-0.39, 0.29) is 12.5 Å². The number of nitriles is 1. The van der Waals surface area contributed by atoms with Crippen molar-refractivity contribution in [2.45, 2.75) is 18.9 Å². The van der Waals surface area contributed by atoms with E-state index in [0.29, 0.717) is 29.7 Å². The lowest BCUT2D eigenvalue weighted by atomic mass is 10.1. The van der Waals surface area contributed by atoms with Gasteiger partial charge in [-0.25, -0.2) is 0 Å². The summed E-state index contributed by atoms with van der Waals surface area (Å²) in [6, 6.07) is 16.3. The van der Waals surface area contributed by atoms with Crippen molar-refractivity contribution < 1.29 is 14.6 Å². The second-order valence-electron chi connectivity index (χ2n) is 5.41. The maximum atomic E-state index is 11.9. The van der Waals surface area contributed by atoms with Crippen molar-refractivity contribution in [2.75, 3.05) is 13.7 Å². The summed E-state index contributed by atoms with van der Waals surface area (Å²) >= 11 is 0. The first-order valence-corrected chi connectivity index (χ1v) is 7.70. The minimum absolute atomic E-state index is 0.124. The van der Waals surface area contributed by atoms with Crippen LogP contribution < -0.4 is 10.1 Å². The average molecular weight is 324 g/mol. The fourth-order valence-electron chi connectivity index (χ4n) is 2.27. The van der Waals surface area contributed by atoms with E-state index in [1.165, 1.54) is 0 Å². The fourth-order valence-corrected chi connectivity index (χ4v) is 2.27. The minimum atomic E-state index is -0.779. The largest absolute Gasteiger partial charge is 0.497 e. The van der Waals surface area contributed by atoms with Gasteiger partial charge in [0.05, 0.1) is 24.8 Å². The van der Waals surface area contributed by atoms with E-state index in [1.807, 2.05) is 12.1 Å². The number of methoxy groups -OCH3 is 1. The molecule has 0 heterocycles. The number of nitrogens with one attached hydrogen (secondary N) is 1. The molecule has 0 saturated heterocycles. The SMILES string of the molecule is COc1cccc(C(O)CNC(=O)CCc2ccc(C#N)cc2)c1. The Morgan fingerprint density at radius 2 is 2.04 bits per heavy atom. The third kappa shape index (κ3) is 5.11. The molecule has 2 rings (SSSR count). The smallest absolute Gasteiger partial charge is 0.220 e. The zero-order valence-corrected chi connectivity index (χ0v) is 13.5. The van der Waals surface area contributed by atoms with Crippen LogP contribution in [0.4, 0.5) is 0 Å². The Morgan fingerprint density at radius 1 is 1.29 bits per heavy atom. The molecule has 2 N–H and O–H groups in total. The molecule has 0 fully saturated rings. The van der Waals surface area contributed by atoms with Crippen molar-refractivity contribution in [2.24, 2.45) is 0 Å². The molecule has 5 heteroatoms. The number of ether oxygens (including phenoxy) is 1. The van der Waals surface area contributed by atoms with Crippen LogP contribution >= 0.6 is 0 Å². The number of benzene rings is 2. The van der Waals surface area contributed by atoms with Crippen LogP contribution in [-0.2, 0) is 11.2 Å².